The molecule has 0 unspecified atom stereocenters. The Labute approximate surface area is 153 Å². The van der Waals surface area contributed by atoms with Crippen molar-refractivity contribution in [3.63, 3.8) is 0 Å². The van der Waals surface area contributed by atoms with Gasteiger partial charge in [-0.2, -0.15) is 5.10 Å². The van der Waals surface area contributed by atoms with Crippen LogP contribution in [0.4, 0.5) is 0 Å². The van der Waals surface area contributed by atoms with Gasteiger partial charge in [0.2, 0.25) is 0 Å². The van der Waals surface area contributed by atoms with Crippen molar-refractivity contribution in [1.29, 1.82) is 0 Å². The fourth-order valence-electron chi connectivity index (χ4n) is 2.47. The first-order chi connectivity index (χ1) is 11.5. The summed E-state index contributed by atoms with van der Waals surface area (Å²) >= 11 is 4.93. The number of halogens is 1. The number of hydrogen-bond donors (Lipinski definition) is 1. The Morgan fingerprint density at radius 1 is 1.17 bits per heavy atom. The maximum atomic E-state index is 12.5. The van der Waals surface area contributed by atoms with Crippen LogP contribution in [0.25, 0.3) is 10.2 Å². The largest absolute Gasteiger partial charge is 0.347 e. The minimum Gasteiger partial charge on any atom is -0.347 e. The van der Waals surface area contributed by atoms with Gasteiger partial charge in [-0.15, -0.1) is 16.4 Å². The lowest BCUT2D eigenvalue weighted by Crippen LogP contribution is -2.22. The van der Waals surface area contributed by atoms with Crippen LogP contribution in [0.15, 0.2) is 28.7 Å². The lowest BCUT2D eigenvalue weighted by molar-refractivity contribution is 0.0954. The molecule has 6 heteroatoms. The van der Waals surface area contributed by atoms with Crippen molar-refractivity contribution in [1.82, 2.24) is 15.5 Å². The van der Waals surface area contributed by atoms with Gasteiger partial charge in [0.05, 0.1) is 10.2 Å². The Morgan fingerprint density at radius 2 is 1.83 bits per heavy atom. The third-order valence-electron chi connectivity index (χ3n) is 4.13. The number of carbonyl (C=O) groups excluding carboxylic acids is 1. The summed E-state index contributed by atoms with van der Waals surface area (Å²) in [5, 5.41) is 12.3. The second-order valence-corrected chi connectivity index (χ2v) is 7.48. The highest BCUT2D eigenvalue weighted by Gasteiger charge is 2.20. The summed E-state index contributed by atoms with van der Waals surface area (Å²) in [4.78, 5) is 14.0. The number of amides is 1. The maximum absolute atomic E-state index is 12.5. The minimum absolute atomic E-state index is 0.0958. The molecular weight excluding hydrogens is 386 g/mol. The zero-order valence-corrected chi connectivity index (χ0v) is 16.2. The van der Waals surface area contributed by atoms with Crippen LogP contribution in [0, 0.1) is 13.8 Å². The van der Waals surface area contributed by atoms with Gasteiger partial charge in [-0.05, 0) is 52.9 Å². The third-order valence-corrected chi connectivity index (χ3v) is 6.26. The van der Waals surface area contributed by atoms with E-state index in [-0.39, 0.29) is 5.91 Å². The number of carbonyl (C=O) groups is 1. The van der Waals surface area contributed by atoms with Gasteiger partial charge in [0.15, 0.2) is 0 Å². The van der Waals surface area contributed by atoms with E-state index in [2.05, 4.69) is 62.6 Å². The molecule has 0 spiro atoms. The molecule has 24 heavy (non-hydrogen) atoms. The molecule has 0 aliphatic carbocycles. The van der Waals surface area contributed by atoms with Crippen LogP contribution in [0.5, 0.6) is 0 Å². The van der Waals surface area contributed by atoms with Crippen molar-refractivity contribution in [3.05, 3.63) is 56.0 Å². The molecule has 3 rings (SSSR count). The van der Waals surface area contributed by atoms with Gasteiger partial charge in [0.25, 0.3) is 5.91 Å². The van der Waals surface area contributed by atoms with Crippen molar-refractivity contribution in [2.45, 2.75) is 33.7 Å². The first-order valence-corrected chi connectivity index (χ1v) is 9.40. The molecule has 1 aromatic carbocycles. The fourth-order valence-corrected chi connectivity index (χ4v) is 4.50. The molecule has 0 saturated carbocycles. The van der Waals surface area contributed by atoms with E-state index in [0.29, 0.717) is 11.4 Å². The molecule has 0 atom stereocenters. The number of hydrogen-bond acceptors (Lipinski definition) is 4. The van der Waals surface area contributed by atoms with Gasteiger partial charge in [-0.25, -0.2) is 0 Å². The van der Waals surface area contributed by atoms with E-state index >= 15 is 0 Å². The van der Waals surface area contributed by atoms with Gasteiger partial charge in [-0.1, -0.05) is 31.2 Å². The lowest BCUT2D eigenvalue weighted by atomic mass is 10.1. The highest BCUT2D eigenvalue weighted by molar-refractivity contribution is 9.10. The number of fused-ring (bicyclic) bond motifs is 1. The number of rotatable bonds is 4. The van der Waals surface area contributed by atoms with Crippen molar-refractivity contribution in [2.75, 3.05) is 0 Å². The summed E-state index contributed by atoms with van der Waals surface area (Å²) in [5.41, 5.74) is 4.31. The molecule has 0 bridgehead atoms. The van der Waals surface area contributed by atoms with Crippen LogP contribution < -0.4 is 5.32 Å². The quantitative estimate of drug-likeness (QED) is 0.694. The lowest BCUT2D eigenvalue weighted by Gasteiger charge is -2.05. The SMILES string of the molecule is CCc1ccc(CNC(=O)c2sc3nnc(C)c(C)c3c2Br)cc1. The van der Waals surface area contributed by atoms with Gasteiger partial charge in [0.1, 0.15) is 9.71 Å². The van der Waals surface area contributed by atoms with E-state index in [4.69, 9.17) is 0 Å². The summed E-state index contributed by atoms with van der Waals surface area (Å²) in [7, 11) is 0. The number of aromatic nitrogens is 2. The second-order valence-electron chi connectivity index (χ2n) is 5.69. The van der Waals surface area contributed by atoms with Crippen LogP contribution >= 0.6 is 27.3 Å². The molecule has 4 nitrogen and oxygen atoms in total. The molecule has 0 aliphatic heterocycles. The molecule has 2 aromatic heterocycles. The first-order valence-electron chi connectivity index (χ1n) is 7.79. The standard InChI is InChI=1S/C18H18BrN3OS/c1-4-12-5-7-13(8-6-12)9-20-17(23)16-15(19)14-10(2)11(3)21-22-18(14)24-16/h5-8H,4,9H2,1-3H3,(H,20,23). The molecule has 1 N–H and O–H groups in total. The Morgan fingerprint density at radius 3 is 2.50 bits per heavy atom. The third kappa shape index (κ3) is 3.21. The molecule has 0 fully saturated rings. The molecule has 0 aliphatic rings. The van der Waals surface area contributed by atoms with Crippen LogP contribution in [0.1, 0.15) is 39.0 Å². The highest BCUT2D eigenvalue weighted by atomic mass is 79.9. The number of nitrogens with one attached hydrogen (secondary N) is 1. The van der Waals surface area contributed by atoms with E-state index in [9.17, 15) is 4.79 Å². The summed E-state index contributed by atoms with van der Waals surface area (Å²) in [6.07, 6.45) is 1.02. The zero-order valence-electron chi connectivity index (χ0n) is 13.8. The van der Waals surface area contributed by atoms with Crippen molar-refractivity contribution in [3.8, 4) is 0 Å². The maximum Gasteiger partial charge on any atom is 0.262 e. The van der Waals surface area contributed by atoms with E-state index in [1.54, 1.807) is 0 Å². The molecular formula is C18H18BrN3OS. The highest BCUT2D eigenvalue weighted by Crippen LogP contribution is 2.36. The van der Waals surface area contributed by atoms with Crippen molar-refractivity contribution in [2.24, 2.45) is 0 Å². The van der Waals surface area contributed by atoms with E-state index in [0.717, 1.165) is 37.9 Å². The van der Waals surface area contributed by atoms with Crippen LogP contribution in [0.2, 0.25) is 0 Å². The number of nitrogens with zero attached hydrogens (tertiary/aromatic N) is 2. The molecule has 2 heterocycles. The summed E-state index contributed by atoms with van der Waals surface area (Å²) in [5.74, 6) is -0.0958. The summed E-state index contributed by atoms with van der Waals surface area (Å²) in [6, 6.07) is 8.30. The smallest absolute Gasteiger partial charge is 0.262 e. The topological polar surface area (TPSA) is 54.9 Å². The number of aryl methyl sites for hydroxylation is 3. The normalized spacial score (nSPS) is 11.0. The van der Waals surface area contributed by atoms with E-state index in [1.165, 1.54) is 16.9 Å². The molecule has 1 amide bonds. The Bertz CT molecular complexity index is 903. The van der Waals surface area contributed by atoms with E-state index in [1.807, 2.05) is 13.8 Å². The predicted molar refractivity (Wildman–Crippen MR) is 102 cm³/mol. The van der Waals surface area contributed by atoms with Gasteiger partial charge >= 0.3 is 0 Å². The van der Waals surface area contributed by atoms with Gasteiger partial charge in [-0.3, -0.25) is 4.79 Å². The van der Waals surface area contributed by atoms with Crippen molar-refractivity contribution >= 4 is 43.4 Å². The molecule has 124 valence electrons. The second kappa shape index (κ2) is 6.99. The predicted octanol–water partition coefficient (Wildman–Crippen LogP) is 4.56. The van der Waals surface area contributed by atoms with Gasteiger partial charge < -0.3 is 5.32 Å². The molecule has 0 saturated heterocycles. The zero-order chi connectivity index (χ0) is 17.3. The van der Waals surface area contributed by atoms with Crippen LogP contribution in [-0.4, -0.2) is 16.1 Å². The molecule has 3 aromatic rings. The number of thiophene rings is 1. The van der Waals surface area contributed by atoms with Crippen LogP contribution in [-0.2, 0) is 13.0 Å². The average molecular weight is 404 g/mol. The summed E-state index contributed by atoms with van der Waals surface area (Å²) < 4.78 is 0.803. The monoisotopic (exact) mass is 403 g/mol. The minimum atomic E-state index is -0.0958. The van der Waals surface area contributed by atoms with Crippen molar-refractivity contribution < 1.29 is 4.79 Å². The summed E-state index contributed by atoms with van der Waals surface area (Å²) in [6.45, 7) is 6.56. The fraction of sp³-hybridized carbons (Fsp3) is 0.278. The van der Waals surface area contributed by atoms with E-state index < -0.39 is 0 Å². The van der Waals surface area contributed by atoms with Gasteiger partial charge in [0, 0.05) is 11.9 Å². The average Bonchev–Trinajstić information content (AvgIpc) is 2.94. The Hall–Kier alpha value is -1.79. The molecule has 0 radical (unpaired) electrons. The van der Waals surface area contributed by atoms with Crippen LogP contribution in [0.3, 0.4) is 0 Å². The Kier molecular flexibility index (Phi) is 4.96. The number of benzene rings is 1. The Balaban J connectivity index is 1.81. The first kappa shape index (κ1) is 17.0.